The highest BCUT2D eigenvalue weighted by Crippen LogP contribution is 2.25. The summed E-state index contributed by atoms with van der Waals surface area (Å²) in [6, 6.07) is 5.98. The highest BCUT2D eigenvalue weighted by Gasteiger charge is 2.14. The van der Waals surface area contributed by atoms with Gasteiger partial charge in [-0.15, -0.1) is 12.3 Å². The summed E-state index contributed by atoms with van der Waals surface area (Å²) in [4.78, 5) is 4.32. The Bertz CT molecular complexity index is 282. The zero-order valence-electron chi connectivity index (χ0n) is 8.20. The Kier molecular flexibility index (Phi) is 3.52. The van der Waals surface area contributed by atoms with Crippen molar-refractivity contribution in [2.24, 2.45) is 5.92 Å². The van der Waals surface area contributed by atoms with E-state index in [1.54, 1.807) is 0 Å². The minimum absolute atomic E-state index is 0.395. The van der Waals surface area contributed by atoms with Gasteiger partial charge in [0, 0.05) is 24.2 Å². The topological polar surface area (TPSA) is 12.9 Å². The Labute approximate surface area is 80.2 Å². The van der Waals surface area contributed by atoms with Gasteiger partial charge in [0.2, 0.25) is 0 Å². The third kappa shape index (κ3) is 2.59. The van der Waals surface area contributed by atoms with E-state index in [0.717, 1.165) is 12.1 Å². The van der Waals surface area contributed by atoms with Gasteiger partial charge in [-0.05, 0) is 18.1 Å². The Morgan fingerprint density at radius 3 is 2.69 bits per heavy atom. The smallest absolute Gasteiger partial charge is 0.0446 e. The fraction of sp³-hybridized carbons (Fsp3) is 0.417. The van der Waals surface area contributed by atoms with E-state index >= 15 is 0 Å². The lowest BCUT2D eigenvalue weighted by Gasteiger charge is -2.17. The summed E-state index contributed by atoms with van der Waals surface area (Å²) < 4.78 is 0. The van der Waals surface area contributed by atoms with Crippen LogP contribution in [0.5, 0.6) is 0 Å². The molecule has 1 rings (SSSR count). The summed E-state index contributed by atoms with van der Waals surface area (Å²) in [6.07, 6.45) is 7.92. The molecule has 0 bridgehead atoms. The van der Waals surface area contributed by atoms with Gasteiger partial charge >= 0.3 is 0 Å². The molecule has 1 aromatic rings. The number of terminal acetylenes is 1. The maximum atomic E-state index is 5.33. The van der Waals surface area contributed by atoms with Crippen molar-refractivity contribution in [3.8, 4) is 12.3 Å². The first-order valence-electron chi connectivity index (χ1n) is 4.60. The van der Waals surface area contributed by atoms with Crippen molar-refractivity contribution in [2.75, 3.05) is 0 Å². The standard InChI is InChI=1S/C12H15N/c1-4-7-11(10(2)3)12-8-5-6-9-13-12/h1,5-6,8-11H,7H2,2-3H3. The van der Waals surface area contributed by atoms with Gasteiger partial charge < -0.3 is 0 Å². The van der Waals surface area contributed by atoms with Crippen molar-refractivity contribution >= 4 is 0 Å². The summed E-state index contributed by atoms with van der Waals surface area (Å²) in [6.45, 7) is 4.35. The third-order valence-corrected chi connectivity index (χ3v) is 2.21. The Morgan fingerprint density at radius 1 is 1.46 bits per heavy atom. The third-order valence-electron chi connectivity index (χ3n) is 2.21. The second-order valence-electron chi connectivity index (χ2n) is 3.51. The van der Waals surface area contributed by atoms with Crippen molar-refractivity contribution < 1.29 is 0 Å². The molecule has 0 saturated carbocycles. The van der Waals surface area contributed by atoms with Gasteiger partial charge in [-0.1, -0.05) is 19.9 Å². The molecule has 0 N–H and O–H groups in total. The Hall–Kier alpha value is -1.29. The SMILES string of the molecule is C#CCC(c1ccccn1)C(C)C. The van der Waals surface area contributed by atoms with Crippen LogP contribution in [0.4, 0.5) is 0 Å². The number of hydrogen-bond donors (Lipinski definition) is 0. The van der Waals surface area contributed by atoms with Crippen LogP contribution in [0.1, 0.15) is 31.9 Å². The second kappa shape index (κ2) is 4.67. The predicted octanol–water partition coefficient (Wildman–Crippen LogP) is 2.84. The molecule has 0 radical (unpaired) electrons. The van der Waals surface area contributed by atoms with Crippen molar-refractivity contribution in [2.45, 2.75) is 26.2 Å². The minimum Gasteiger partial charge on any atom is -0.261 e. The second-order valence-corrected chi connectivity index (χ2v) is 3.51. The largest absolute Gasteiger partial charge is 0.261 e. The molecule has 0 fully saturated rings. The fourth-order valence-electron chi connectivity index (χ4n) is 1.40. The van der Waals surface area contributed by atoms with Crippen molar-refractivity contribution in [3.63, 3.8) is 0 Å². The van der Waals surface area contributed by atoms with E-state index in [4.69, 9.17) is 6.42 Å². The Balaban J connectivity index is 2.84. The first-order valence-corrected chi connectivity index (χ1v) is 4.60. The summed E-state index contributed by atoms with van der Waals surface area (Å²) in [5, 5.41) is 0. The molecule has 0 amide bonds. The minimum atomic E-state index is 0.395. The van der Waals surface area contributed by atoms with Gasteiger partial charge in [0.15, 0.2) is 0 Å². The molecule has 0 aliphatic rings. The van der Waals surface area contributed by atoms with Crippen molar-refractivity contribution in [1.82, 2.24) is 4.98 Å². The van der Waals surface area contributed by atoms with E-state index < -0.39 is 0 Å². The van der Waals surface area contributed by atoms with E-state index in [2.05, 4.69) is 24.8 Å². The molecule has 68 valence electrons. The molecule has 1 unspecified atom stereocenters. The first kappa shape index (κ1) is 9.80. The van der Waals surface area contributed by atoms with Crippen LogP contribution >= 0.6 is 0 Å². The molecule has 1 nitrogen and oxygen atoms in total. The van der Waals surface area contributed by atoms with Crippen LogP contribution in [0.2, 0.25) is 0 Å². The normalized spacial score (nSPS) is 12.5. The van der Waals surface area contributed by atoms with Crippen LogP contribution in [-0.4, -0.2) is 4.98 Å². The van der Waals surface area contributed by atoms with E-state index in [1.165, 1.54) is 0 Å². The molecule has 13 heavy (non-hydrogen) atoms. The van der Waals surface area contributed by atoms with Crippen LogP contribution in [-0.2, 0) is 0 Å². The van der Waals surface area contributed by atoms with Crippen LogP contribution in [0.25, 0.3) is 0 Å². The summed E-state index contributed by atoms with van der Waals surface area (Å²) in [5.74, 6) is 3.65. The fourth-order valence-corrected chi connectivity index (χ4v) is 1.40. The summed E-state index contributed by atoms with van der Waals surface area (Å²) in [5.41, 5.74) is 1.11. The number of nitrogens with zero attached hydrogens (tertiary/aromatic N) is 1. The van der Waals surface area contributed by atoms with Crippen LogP contribution in [0.15, 0.2) is 24.4 Å². The number of rotatable bonds is 3. The van der Waals surface area contributed by atoms with Crippen molar-refractivity contribution in [3.05, 3.63) is 30.1 Å². The molecule has 1 atom stereocenters. The molecule has 0 aliphatic heterocycles. The zero-order chi connectivity index (χ0) is 9.68. The van der Waals surface area contributed by atoms with E-state index in [1.807, 2.05) is 24.4 Å². The predicted molar refractivity (Wildman–Crippen MR) is 55.3 cm³/mol. The molecule has 1 heteroatoms. The highest BCUT2D eigenvalue weighted by molar-refractivity contribution is 5.12. The molecule has 0 saturated heterocycles. The summed E-state index contributed by atoms with van der Waals surface area (Å²) >= 11 is 0. The van der Waals surface area contributed by atoms with Gasteiger partial charge in [0.05, 0.1) is 0 Å². The molecule has 0 aliphatic carbocycles. The van der Waals surface area contributed by atoms with E-state index in [9.17, 15) is 0 Å². The molecule has 1 heterocycles. The van der Waals surface area contributed by atoms with Crippen LogP contribution < -0.4 is 0 Å². The quantitative estimate of drug-likeness (QED) is 0.640. The first-order chi connectivity index (χ1) is 6.25. The van der Waals surface area contributed by atoms with Gasteiger partial charge in [-0.2, -0.15) is 0 Å². The van der Waals surface area contributed by atoms with Gasteiger partial charge in [0.1, 0.15) is 0 Å². The lowest BCUT2D eigenvalue weighted by atomic mass is 9.89. The van der Waals surface area contributed by atoms with Crippen molar-refractivity contribution in [1.29, 1.82) is 0 Å². The number of pyridine rings is 1. The number of aromatic nitrogens is 1. The lowest BCUT2D eigenvalue weighted by Crippen LogP contribution is -2.07. The molecular formula is C12H15N. The molecular weight excluding hydrogens is 158 g/mol. The monoisotopic (exact) mass is 173 g/mol. The Morgan fingerprint density at radius 2 is 2.23 bits per heavy atom. The maximum absolute atomic E-state index is 5.33. The average Bonchev–Trinajstić information content (AvgIpc) is 2.15. The van der Waals surface area contributed by atoms with E-state index in [0.29, 0.717) is 11.8 Å². The summed E-state index contributed by atoms with van der Waals surface area (Å²) in [7, 11) is 0. The lowest BCUT2D eigenvalue weighted by molar-refractivity contribution is 0.497. The van der Waals surface area contributed by atoms with Gasteiger partial charge in [-0.25, -0.2) is 0 Å². The molecule has 0 spiro atoms. The molecule has 1 aromatic heterocycles. The average molecular weight is 173 g/mol. The maximum Gasteiger partial charge on any atom is 0.0446 e. The van der Waals surface area contributed by atoms with Gasteiger partial charge in [0.25, 0.3) is 0 Å². The number of hydrogen-bond acceptors (Lipinski definition) is 1. The van der Waals surface area contributed by atoms with Gasteiger partial charge in [-0.3, -0.25) is 4.98 Å². The molecule has 0 aromatic carbocycles. The van der Waals surface area contributed by atoms with Crippen LogP contribution in [0.3, 0.4) is 0 Å². The van der Waals surface area contributed by atoms with E-state index in [-0.39, 0.29) is 0 Å². The van der Waals surface area contributed by atoms with Crippen LogP contribution in [0, 0.1) is 18.3 Å². The highest BCUT2D eigenvalue weighted by atomic mass is 14.7. The zero-order valence-corrected chi connectivity index (χ0v) is 8.20.